The van der Waals surface area contributed by atoms with Crippen LogP contribution >= 0.6 is 12.6 Å². The predicted octanol–water partition coefficient (Wildman–Crippen LogP) is 0.411. The van der Waals surface area contributed by atoms with Gasteiger partial charge in [-0.1, -0.05) is 0 Å². The number of carboxylic acid groups (broad SMARTS) is 1. The molecule has 0 aromatic heterocycles. The summed E-state index contributed by atoms with van der Waals surface area (Å²) in [5.74, 6) is -0.732. The van der Waals surface area contributed by atoms with Crippen LogP contribution in [-0.2, 0) is 4.79 Å². The maximum absolute atomic E-state index is 9.83. The highest BCUT2D eigenvalue weighted by molar-refractivity contribution is 7.80. The Morgan fingerprint density at radius 2 is 2.25 bits per heavy atom. The average molecular weight is 133 g/mol. The van der Waals surface area contributed by atoms with E-state index in [1.165, 1.54) is 0 Å². The molecule has 0 aromatic rings. The highest BCUT2D eigenvalue weighted by atomic mass is 32.1. The molecule has 0 bridgehead atoms. The normalized spacial score (nSPS) is 8.62. The van der Waals surface area contributed by atoms with E-state index in [-0.39, 0.29) is 12.1 Å². The second kappa shape index (κ2) is 3.49. The van der Waals surface area contributed by atoms with Gasteiger partial charge in [0.25, 0.3) is 0 Å². The molecule has 0 saturated heterocycles. The fourth-order valence-corrected chi connectivity index (χ4v) is 0.442. The minimum atomic E-state index is -1.15. The molecule has 0 heterocycles. The molecule has 0 radical (unpaired) electrons. The van der Waals surface area contributed by atoms with Crippen LogP contribution < -0.4 is 0 Å². The lowest BCUT2D eigenvalue weighted by molar-refractivity contribution is -0.129. The maximum atomic E-state index is 9.83. The Morgan fingerprint density at radius 3 is 2.38 bits per heavy atom. The van der Waals surface area contributed by atoms with Gasteiger partial charge >= 0.3 is 5.97 Å². The molecule has 0 aliphatic rings. The minimum Gasteiger partial charge on any atom is -0.477 e. The molecule has 0 unspecified atom stereocenters. The van der Waals surface area contributed by atoms with Crippen LogP contribution in [0.1, 0.15) is 6.42 Å². The van der Waals surface area contributed by atoms with Crippen LogP contribution in [0.25, 0.3) is 0 Å². The van der Waals surface area contributed by atoms with Crippen molar-refractivity contribution in [1.82, 2.24) is 0 Å². The third kappa shape index (κ3) is 2.63. The molecule has 0 aliphatic heterocycles. The van der Waals surface area contributed by atoms with Gasteiger partial charge < -0.3 is 5.11 Å². The maximum Gasteiger partial charge on any atom is 0.349 e. The van der Waals surface area contributed by atoms with Gasteiger partial charge in [-0.15, -0.1) is 0 Å². The third-order valence-electron chi connectivity index (χ3n) is 0.620. The number of rotatable bonds is 3. The average Bonchev–Trinajstić information content (AvgIpc) is 1.67. The molecule has 2 N–H and O–H groups in total. The topological polar surface area (TPSA) is 61.2 Å². The Hall–Kier alpha value is -0.510. The van der Waals surface area contributed by atoms with E-state index >= 15 is 0 Å². The summed E-state index contributed by atoms with van der Waals surface area (Å²) in [5, 5.41) is 14.7. The first-order valence-electron chi connectivity index (χ1n) is 2.10. The Balaban J connectivity index is 3.49. The quantitative estimate of drug-likeness (QED) is 0.385. The molecule has 0 amide bonds. The van der Waals surface area contributed by atoms with Gasteiger partial charge in [-0.05, 0) is 5.75 Å². The minimum absolute atomic E-state index is 0.235. The smallest absolute Gasteiger partial charge is 0.349 e. The predicted molar refractivity (Wildman–Crippen MR) is 33.8 cm³/mol. The van der Waals surface area contributed by atoms with E-state index in [9.17, 15) is 4.79 Å². The van der Waals surface area contributed by atoms with Crippen molar-refractivity contribution in [3.05, 3.63) is 0 Å². The summed E-state index contributed by atoms with van der Waals surface area (Å²) in [6.07, 6.45) is 0.235. The van der Waals surface area contributed by atoms with Gasteiger partial charge in [-0.2, -0.15) is 12.6 Å². The van der Waals surface area contributed by atoms with Crippen LogP contribution in [0.2, 0.25) is 0 Å². The van der Waals surface area contributed by atoms with E-state index in [0.717, 1.165) is 0 Å². The fraction of sp³-hybridized carbons (Fsp3) is 0.500. The lowest BCUT2D eigenvalue weighted by Gasteiger charge is -1.89. The number of hydrogen-bond donors (Lipinski definition) is 3. The van der Waals surface area contributed by atoms with Crippen molar-refractivity contribution < 1.29 is 9.90 Å². The van der Waals surface area contributed by atoms with Crippen molar-refractivity contribution >= 4 is 24.3 Å². The molecular weight excluding hydrogens is 126 g/mol. The third-order valence-corrected chi connectivity index (χ3v) is 0.844. The molecule has 0 aromatic carbocycles. The molecule has 0 aliphatic carbocycles. The molecular formula is C4H7NO2S. The van der Waals surface area contributed by atoms with Crippen molar-refractivity contribution in [1.29, 1.82) is 5.41 Å². The molecule has 0 atom stereocenters. The Labute approximate surface area is 52.6 Å². The summed E-state index contributed by atoms with van der Waals surface area (Å²) in [4.78, 5) is 9.83. The summed E-state index contributed by atoms with van der Waals surface area (Å²) < 4.78 is 0. The van der Waals surface area contributed by atoms with Crippen molar-refractivity contribution in [3.8, 4) is 0 Å². The van der Waals surface area contributed by atoms with E-state index in [4.69, 9.17) is 10.5 Å². The zero-order valence-corrected chi connectivity index (χ0v) is 5.11. The van der Waals surface area contributed by atoms with Crippen LogP contribution in [0.4, 0.5) is 0 Å². The van der Waals surface area contributed by atoms with E-state index in [0.29, 0.717) is 5.75 Å². The van der Waals surface area contributed by atoms with Gasteiger partial charge in [0, 0.05) is 6.42 Å². The molecule has 0 fully saturated rings. The van der Waals surface area contributed by atoms with Gasteiger partial charge in [0.2, 0.25) is 0 Å². The summed E-state index contributed by atoms with van der Waals surface area (Å²) in [6.45, 7) is 0. The van der Waals surface area contributed by atoms with Crippen molar-refractivity contribution in [2.75, 3.05) is 5.75 Å². The highest BCUT2D eigenvalue weighted by Crippen LogP contribution is 1.85. The molecule has 3 nitrogen and oxygen atoms in total. The first kappa shape index (κ1) is 7.49. The lowest BCUT2D eigenvalue weighted by atomic mass is 10.3. The van der Waals surface area contributed by atoms with Gasteiger partial charge in [-0.25, -0.2) is 4.79 Å². The summed E-state index contributed by atoms with van der Waals surface area (Å²) >= 11 is 3.75. The monoisotopic (exact) mass is 133 g/mol. The van der Waals surface area contributed by atoms with Crippen molar-refractivity contribution in [3.63, 3.8) is 0 Å². The second-order valence-electron chi connectivity index (χ2n) is 1.26. The number of carbonyl (C=O) groups is 1. The Kier molecular flexibility index (Phi) is 3.26. The standard InChI is InChI=1S/C4H7NO2S/c5-3(1-2-8)4(6)7/h5,8H,1-2H2,(H,6,7). The summed E-state index contributed by atoms with van der Waals surface area (Å²) in [5.41, 5.74) is -0.278. The van der Waals surface area contributed by atoms with Gasteiger partial charge in [0.15, 0.2) is 0 Å². The zero-order valence-electron chi connectivity index (χ0n) is 4.22. The number of thiol groups is 1. The van der Waals surface area contributed by atoms with Crippen LogP contribution in [0.15, 0.2) is 0 Å². The molecule has 0 spiro atoms. The van der Waals surface area contributed by atoms with Crippen molar-refractivity contribution in [2.45, 2.75) is 6.42 Å². The van der Waals surface area contributed by atoms with E-state index in [2.05, 4.69) is 12.6 Å². The first-order chi connectivity index (χ1) is 3.68. The van der Waals surface area contributed by atoms with Crippen LogP contribution in [-0.4, -0.2) is 22.5 Å². The Bertz CT molecular complexity index is 113. The van der Waals surface area contributed by atoms with Gasteiger partial charge in [0.1, 0.15) is 5.71 Å². The highest BCUT2D eigenvalue weighted by Gasteiger charge is 2.02. The number of nitrogens with one attached hydrogen (secondary N) is 1. The molecule has 4 heteroatoms. The SMILES string of the molecule is N=C(CCS)C(=O)O. The van der Waals surface area contributed by atoms with Gasteiger partial charge in [0.05, 0.1) is 0 Å². The largest absolute Gasteiger partial charge is 0.477 e. The molecule has 8 heavy (non-hydrogen) atoms. The molecule has 46 valence electrons. The van der Waals surface area contributed by atoms with Crippen molar-refractivity contribution in [2.24, 2.45) is 0 Å². The second-order valence-corrected chi connectivity index (χ2v) is 1.70. The number of aliphatic carboxylic acids is 1. The lowest BCUT2D eigenvalue weighted by Crippen LogP contribution is -2.11. The van der Waals surface area contributed by atoms with E-state index in [1.807, 2.05) is 0 Å². The molecule has 0 rings (SSSR count). The molecule has 0 saturated carbocycles. The van der Waals surface area contributed by atoms with Gasteiger partial charge in [-0.3, -0.25) is 5.41 Å². The number of hydrogen-bond acceptors (Lipinski definition) is 3. The van der Waals surface area contributed by atoms with E-state index < -0.39 is 5.97 Å². The zero-order chi connectivity index (χ0) is 6.57. The fourth-order valence-electron chi connectivity index (χ4n) is 0.219. The number of carboxylic acids is 1. The van der Waals surface area contributed by atoms with Crippen LogP contribution in [0.5, 0.6) is 0 Å². The van der Waals surface area contributed by atoms with Crippen LogP contribution in [0.3, 0.4) is 0 Å². The van der Waals surface area contributed by atoms with E-state index in [1.54, 1.807) is 0 Å². The first-order valence-corrected chi connectivity index (χ1v) is 2.73. The summed E-state index contributed by atoms with van der Waals surface area (Å²) in [7, 11) is 0. The summed E-state index contributed by atoms with van der Waals surface area (Å²) in [6, 6.07) is 0. The Morgan fingerprint density at radius 1 is 1.75 bits per heavy atom. The van der Waals surface area contributed by atoms with Crippen LogP contribution in [0, 0.1) is 5.41 Å².